The van der Waals surface area contributed by atoms with Gasteiger partial charge in [-0.1, -0.05) is 27.5 Å². The molecule has 0 spiro atoms. The zero-order valence-electron chi connectivity index (χ0n) is 9.52. The Labute approximate surface area is 126 Å². The van der Waals surface area contributed by atoms with Crippen LogP contribution < -0.4 is 11.1 Å². The molecule has 0 aliphatic carbocycles. The van der Waals surface area contributed by atoms with Crippen LogP contribution in [0.25, 0.3) is 10.2 Å². The number of thiophene rings is 1. The van der Waals surface area contributed by atoms with Crippen molar-refractivity contribution >= 4 is 66.5 Å². The number of hydrogen-bond donors (Lipinski definition) is 2. The summed E-state index contributed by atoms with van der Waals surface area (Å²) in [5.41, 5.74) is 6.48. The molecule has 19 heavy (non-hydrogen) atoms. The number of nitrogens with two attached hydrogens (primary N) is 1. The van der Waals surface area contributed by atoms with Gasteiger partial charge in [0.25, 0.3) is 0 Å². The topological polar surface area (TPSA) is 63.8 Å². The van der Waals surface area contributed by atoms with Gasteiger partial charge >= 0.3 is 0 Å². The molecule has 0 radical (unpaired) electrons. The Morgan fingerprint density at radius 2 is 2.11 bits per heavy atom. The number of hydrogen-bond acceptors (Lipinski definition) is 5. The molecule has 3 N–H and O–H groups in total. The number of halogens is 2. The normalized spacial score (nSPS) is 10.8. The van der Waals surface area contributed by atoms with Crippen LogP contribution in [-0.2, 0) is 0 Å². The first-order valence-electron chi connectivity index (χ1n) is 5.36. The Hall–Kier alpha value is -1.37. The van der Waals surface area contributed by atoms with Crippen molar-refractivity contribution in [3.05, 3.63) is 39.1 Å². The third-order valence-electron chi connectivity index (χ3n) is 2.53. The number of rotatable bonds is 2. The number of nitrogens with zero attached hydrogens (tertiary/aromatic N) is 2. The van der Waals surface area contributed by atoms with E-state index in [0.29, 0.717) is 10.8 Å². The van der Waals surface area contributed by atoms with Gasteiger partial charge in [0.15, 0.2) is 0 Å². The van der Waals surface area contributed by atoms with Crippen LogP contribution in [0, 0.1) is 0 Å². The summed E-state index contributed by atoms with van der Waals surface area (Å²) in [6, 6.07) is 7.56. The largest absolute Gasteiger partial charge is 0.368 e. The maximum atomic E-state index is 6.18. The molecule has 0 amide bonds. The van der Waals surface area contributed by atoms with E-state index in [1.807, 2.05) is 29.6 Å². The molecule has 0 aliphatic heterocycles. The Balaban J connectivity index is 2.07. The van der Waals surface area contributed by atoms with Crippen molar-refractivity contribution < 1.29 is 0 Å². The zero-order valence-corrected chi connectivity index (χ0v) is 12.7. The summed E-state index contributed by atoms with van der Waals surface area (Å²) < 4.78 is 0.922. The van der Waals surface area contributed by atoms with Gasteiger partial charge in [0, 0.05) is 4.47 Å². The first-order valence-corrected chi connectivity index (χ1v) is 7.41. The lowest BCUT2D eigenvalue weighted by atomic mass is 10.3. The van der Waals surface area contributed by atoms with Crippen LogP contribution >= 0.6 is 38.9 Å². The Morgan fingerprint density at radius 3 is 2.89 bits per heavy atom. The predicted octanol–water partition coefficient (Wildman–Crippen LogP) is 4.43. The van der Waals surface area contributed by atoms with Crippen molar-refractivity contribution in [1.82, 2.24) is 9.97 Å². The molecular weight excluding hydrogens is 348 g/mol. The molecule has 0 aliphatic rings. The van der Waals surface area contributed by atoms with Crippen LogP contribution in [0.4, 0.5) is 17.5 Å². The second-order valence-electron chi connectivity index (χ2n) is 3.82. The summed E-state index contributed by atoms with van der Waals surface area (Å²) in [4.78, 5) is 9.25. The van der Waals surface area contributed by atoms with E-state index >= 15 is 0 Å². The average molecular weight is 356 g/mol. The highest BCUT2D eigenvalue weighted by Gasteiger charge is 2.09. The van der Waals surface area contributed by atoms with Gasteiger partial charge in [-0.05, 0) is 29.6 Å². The smallest absolute Gasteiger partial charge is 0.223 e. The minimum absolute atomic E-state index is 0.241. The zero-order chi connectivity index (χ0) is 13.4. The molecular formula is C12H8BrClN4S. The summed E-state index contributed by atoms with van der Waals surface area (Å²) in [5, 5.41) is 6.68. The van der Waals surface area contributed by atoms with Crippen molar-refractivity contribution in [2.75, 3.05) is 11.1 Å². The van der Waals surface area contributed by atoms with E-state index in [9.17, 15) is 0 Å². The van der Waals surface area contributed by atoms with Gasteiger partial charge in [-0.2, -0.15) is 4.98 Å². The summed E-state index contributed by atoms with van der Waals surface area (Å²) in [5.74, 6) is 0.902. The van der Waals surface area contributed by atoms with Gasteiger partial charge in [-0.3, -0.25) is 0 Å². The number of benzene rings is 1. The van der Waals surface area contributed by atoms with E-state index in [0.717, 1.165) is 20.4 Å². The van der Waals surface area contributed by atoms with Crippen molar-refractivity contribution in [2.24, 2.45) is 0 Å². The fourth-order valence-corrected chi connectivity index (χ4v) is 3.18. The lowest BCUT2D eigenvalue weighted by Gasteiger charge is -2.09. The van der Waals surface area contributed by atoms with Gasteiger partial charge in [0.2, 0.25) is 5.95 Å². The molecule has 0 saturated carbocycles. The van der Waals surface area contributed by atoms with E-state index in [1.165, 1.54) is 11.3 Å². The SMILES string of the molecule is Nc1nc(Nc2ccc(Br)cc2Cl)c2ccsc2n1. The minimum Gasteiger partial charge on any atom is -0.368 e. The third kappa shape index (κ3) is 2.51. The number of aromatic nitrogens is 2. The van der Waals surface area contributed by atoms with Gasteiger partial charge in [0.1, 0.15) is 10.6 Å². The van der Waals surface area contributed by atoms with E-state index in [1.54, 1.807) is 0 Å². The van der Waals surface area contributed by atoms with Crippen LogP contribution in [-0.4, -0.2) is 9.97 Å². The van der Waals surface area contributed by atoms with Crippen LogP contribution in [0.1, 0.15) is 0 Å². The predicted molar refractivity (Wildman–Crippen MR) is 84.3 cm³/mol. The van der Waals surface area contributed by atoms with Gasteiger partial charge in [0.05, 0.1) is 16.1 Å². The average Bonchev–Trinajstić information content (AvgIpc) is 2.80. The second-order valence-corrected chi connectivity index (χ2v) is 6.04. The molecule has 2 heterocycles. The molecule has 0 saturated heterocycles. The quantitative estimate of drug-likeness (QED) is 0.713. The van der Waals surface area contributed by atoms with Crippen LogP contribution in [0.2, 0.25) is 5.02 Å². The van der Waals surface area contributed by atoms with E-state index < -0.39 is 0 Å². The first-order chi connectivity index (χ1) is 9.13. The van der Waals surface area contributed by atoms with Crippen molar-refractivity contribution in [1.29, 1.82) is 0 Å². The third-order valence-corrected chi connectivity index (χ3v) is 4.14. The Bertz CT molecular complexity index is 759. The summed E-state index contributed by atoms with van der Waals surface area (Å²) in [6.07, 6.45) is 0. The van der Waals surface area contributed by atoms with Crippen molar-refractivity contribution in [2.45, 2.75) is 0 Å². The monoisotopic (exact) mass is 354 g/mol. The highest BCUT2D eigenvalue weighted by Crippen LogP contribution is 2.32. The molecule has 96 valence electrons. The van der Waals surface area contributed by atoms with Gasteiger partial charge < -0.3 is 11.1 Å². The lowest BCUT2D eigenvalue weighted by molar-refractivity contribution is 1.24. The summed E-state index contributed by atoms with van der Waals surface area (Å²) in [7, 11) is 0. The van der Waals surface area contributed by atoms with Crippen molar-refractivity contribution in [3.63, 3.8) is 0 Å². The van der Waals surface area contributed by atoms with E-state index in [2.05, 4.69) is 31.2 Å². The number of anilines is 3. The molecule has 4 nitrogen and oxygen atoms in total. The standard InChI is InChI=1S/C12H8BrClN4S/c13-6-1-2-9(8(14)5-6)16-10-7-3-4-19-11(7)18-12(15)17-10/h1-5H,(H3,15,16,17,18). The fourth-order valence-electron chi connectivity index (χ4n) is 1.69. The maximum Gasteiger partial charge on any atom is 0.223 e. The number of nitrogens with one attached hydrogen (secondary N) is 1. The number of nitrogen functional groups attached to an aromatic ring is 1. The van der Waals surface area contributed by atoms with Gasteiger partial charge in [-0.15, -0.1) is 11.3 Å². The molecule has 1 aromatic carbocycles. The second kappa shape index (κ2) is 4.96. The molecule has 0 atom stereocenters. The summed E-state index contributed by atoms with van der Waals surface area (Å²) in [6.45, 7) is 0. The highest BCUT2D eigenvalue weighted by atomic mass is 79.9. The van der Waals surface area contributed by atoms with E-state index in [-0.39, 0.29) is 5.95 Å². The molecule has 0 fully saturated rings. The maximum absolute atomic E-state index is 6.18. The Morgan fingerprint density at radius 1 is 1.26 bits per heavy atom. The van der Waals surface area contributed by atoms with Crippen molar-refractivity contribution in [3.8, 4) is 0 Å². The van der Waals surface area contributed by atoms with Crippen LogP contribution in [0.15, 0.2) is 34.1 Å². The molecule has 3 aromatic rings. The van der Waals surface area contributed by atoms with Crippen LogP contribution in [0.3, 0.4) is 0 Å². The number of fused-ring (bicyclic) bond motifs is 1. The van der Waals surface area contributed by atoms with Crippen LogP contribution in [0.5, 0.6) is 0 Å². The summed E-state index contributed by atoms with van der Waals surface area (Å²) >= 11 is 11.1. The molecule has 0 bridgehead atoms. The minimum atomic E-state index is 0.241. The van der Waals surface area contributed by atoms with E-state index in [4.69, 9.17) is 17.3 Å². The molecule has 3 rings (SSSR count). The highest BCUT2D eigenvalue weighted by molar-refractivity contribution is 9.10. The fraction of sp³-hybridized carbons (Fsp3) is 0. The van der Waals surface area contributed by atoms with Gasteiger partial charge in [-0.25, -0.2) is 4.98 Å². The molecule has 0 unspecified atom stereocenters. The Kier molecular flexibility index (Phi) is 3.30. The lowest BCUT2D eigenvalue weighted by Crippen LogP contribution is -2.00. The first kappa shape index (κ1) is 12.7. The molecule has 7 heteroatoms. The molecule has 2 aromatic heterocycles.